The number of carbonyl (C=O) groups is 1. The highest BCUT2D eigenvalue weighted by molar-refractivity contribution is 8.03. The van der Waals surface area contributed by atoms with E-state index in [1.165, 1.54) is 6.92 Å². The Morgan fingerprint density at radius 2 is 1.69 bits per heavy atom. The number of azo groups is 1. The molecule has 0 aromatic heterocycles. The number of nitro groups is 2. The molecule has 3 aromatic carbocycles. The van der Waals surface area contributed by atoms with E-state index in [-0.39, 0.29) is 28.4 Å². The van der Waals surface area contributed by atoms with E-state index in [9.17, 15) is 25.0 Å². The lowest BCUT2D eigenvalue weighted by Gasteiger charge is -2.25. The number of hydrogen-bond acceptors (Lipinski definition) is 11. The summed E-state index contributed by atoms with van der Waals surface area (Å²) < 4.78 is 0. The molecule has 0 fully saturated rings. The number of benzene rings is 3. The minimum atomic E-state index is -0.837. The van der Waals surface area contributed by atoms with Crippen molar-refractivity contribution in [2.75, 3.05) is 16.8 Å². The fraction of sp³-hybridized carbons (Fsp3) is 0.160. The second kappa shape index (κ2) is 13.3. The number of nitro benzene ring substituents is 2. The molecule has 0 bridgehead atoms. The molecule has 196 valence electrons. The number of nitrogens with zero attached hydrogens (tertiary/aromatic N) is 7. The summed E-state index contributed by atoms with van der Waals surface area (Å²) >= 11 is 0.464. The van der Waals surface area contributed by atoms with Crippen molar-refractivity contribution in [3.8, 4) is 11.5 Å². The van der Waals surface area contributed by atoms with Gasteiger partial charge in [-0.25, -0.2) is 0 Å². The number of nitriles is 2. The molecule has 39 heavy (non-hydrogen) atoms. The van der Waals surface area contributed by atoms with Gasteiger partial charge in [0.2, 0.25) is 5.91 Å². The van der Waals surface area contributed by atoms with Crippen LogP contribution in [0, 0.1) is 42.2 Å². The molecule has 0 spiro atoms. The van der Waals surface area contributed by atoms with Crippen molar-refractivity contribution in [1.82, 2.24) is 0 Å². The molecule has 0 heterocycles. The van der Waals surface area contributed by atoms with Gasteiger partial charge in [-0.05, 0) is 41.6 Å². The van der Waals surface area contributed by atoms with Crippen molar-refractivity contribution < 1.29 is 14.6 Å². The fourth-order valence-corrected chi connectivity index (χ4v) is 4.05. The second-order valence-corrected chi connectivity index (χ2v) is 8.74. The number of thiocyanates is 1. The first kappa shape index (κ1) is 28.2. The van der Waals surface area contributed by atoms with Gasteiger partial charge in [0.05, 0.1) is 34.1 Å². The van der Waals surface area contributed by atoms with Crippen LogP contribution in [-0.4, -0.2) is 22.3 Å². The van der Waals surface area contributed by atoms with Crippen LogP contribution in [0.5, 0.6) is 0 Å². The maximum Gasteiger partial charge on any atom is 0.303 e. The maximum absolute atomic E-state index is 11.9. The van der Waals surface area contributed by atoms with Crippen LogP contribution in [0.4, 0.5) is 34.1 Å². The standard InChI is InChI=1S/C25H20N8O5S/c1-17(34)28-21-12-19(31(11-5-10-26)15-18-6-3-2-4-7-18)8-9-20(21)29-30-22-13-25(39-16-27)24(33(37)38)14-23(22)32(35)36/h2-4,6-9,12-14H,5,11,15H2,1H3,(H,28,34)/b30-29+. The number of amides is 1. The van der Waals surface area contributed by atoms with E-state index in [0.29, 0.717) is 30.5 Å². The average Bonchev–Trinajstić information content (AvgIpc) is 2.90. The van der Waals surface area contributed by atoms with Crippen LogP contribution in [-0.2, 0) is 11.3 Å². The van der Waals surface area contributed by atoms with E-state index < -0.39 is 27.1 Å². The molecule has 0 aliphatic rings. The van der Waals surface area contributed by atoms with Gasteiger partial charge < -0.3 is 10.2 Å². The van der Waals surface area contributed by atoms with E-state index in [1.54, 1.807) is 23.6 Å². The monoisotopic (exact) mass is 544 g/mol. The van der Waals surface area contributed by atoms with Gasteiger partial charge in [0.1, 0.15) is 16.0 Å². The lowest BCUT2D eigenvalue weighted by molar-refractivity contribution is -0.395. The van der Waals surface area contributed by atoms with Crippen LogP contribution in [0.2, 0.25) is 0 Å². The second-order valence-electron chi connectivity index (χ2n) is 7.91. The van der Waals surface area contributed by atoms with E-state index >= 15 is 0 Å². The largest absolute Gasteiger partial charge is 0.366 e. The van der Waals surface area contributed by atoms with Crippen LogP contribution in [0.25, 0.3) is 0 Å². The molecule has 3 aromatic rings. The molecule has 1 amide bonds. The third-order valence-corrected chi connectivity index (χ3v) is 5.87. The predicted octanol–water partition coefficient (Wildman–Crippen LogP) is 6.37. The van der Waals surface area contributed by atoms with Crippen molar-refractivity contribution in [1.29, 1.82) is 10.5 Å². The molecule has 0 aliphatic heterocycles. The summed E-state index contributed by atoms with van der Waals surface area (Å²) in [5.41, 5.74) is 0.539. The van der Waals surface area contributed by atoms with Crippen LogP contribution in [0.3, 0.4) is 0 Å². The van der Waals surface area contributed by atoms with Gasteiger partial charge in [0, 0.05) is 25.7 Å². The first-order chi connectivity index (χ1) is 18.7. The van der Waals surface area contributed by atoms with E-state index in [4.69, 9.17) is 10.5 Å². The van der Waals surface area contributed by atoms with Crippen molar-refractivity contribution >= 4 is 51.8 Å². The minimum absolute atomic E-state index is 0.131. The van der Waals surface area contributed by atoms with Crippen molar-refractivity contribution in [3.63, 3.8) is 0 Å². The highest BCUT2D eigenvalue weighted by Crippen LogP contribution is 2.40. The molecule has 0 saturated heterocycles. The van der Waals surface area contributed by atoms with Gasteiger partial charge in [0.25, 0.3) is 5.69 Å². The van der Waals surface area contributed by atoms with E-state index in [0.717, 1.165) is 17.7 Å². The number of anilines is 2. The van der Waals surface area contributed by atoms with Gasteiger partial charge in [-0.2, -0.15) is 10.5 Å². The Morgan fingerprint density at radius 3 is 2.31 bits per heavy atom. The fourth-order valence-electron chi connectivity index (χ4n) is 3.54. The maximum atomic E-state index is 11.9. The van der Waals surface area contributed by atoms with Gasteiger partial charge in [-0.15, -0.1) is 10.2 Å². The number of carbonyl (C=O) groups excluding carboxylic acids is 1. The van der Waals surface area contributed by atoms with Gasteiger partial charge in [-0.1, -0.05) is 30.3 Å². The Balaban J connectivity index is 2.05. The Labute approximate surface area is 226 Å². The highest BCUT2D eigenvalue weighted by atomic mass is 32.2. The lowest BCUT2D eigenvalue weighted by atomic mass is 10.1. The summed E-state index contributed by atoms with van der Waals surface area (Å²) in [5.74, 6) is -0.399. The minimum Gasteiger partial charge on any atom is -0.366 e. The third-order valence-electron chi connectivity index (χ3n) is 5.24. The summed E-state index contributed by atoms with van der Waals surface area (Å²) in [6.07, 6.45) is 0.261. The van der Waals surface area contributed by atoms with Crippen LogP contribution in [0.1, 0.15) is 18.9 Å². The van der Waals surface area contributed by atoms with Gasteiger partial charge >= 0.3 is 5.69 Å². The predicted molar refractivity (Wildman–Crippen MR) is 144 cm³/mol. The van der Waals surface area contributed by atoms with Crippen molar-refractivity contribution in [3.05, 3.63) is 86.5 Å². The first-order valence-electron chi connectivity index (χ1n) is 11.3. The first-order valence-corrected chi connectivity index (χ1v) is 12.1. The van der Waals surface area contributed by atoms with Crippen LogP contribution in [0.15, 0.2) is 75.8 Å². The van der Waals surface area contributed by atoms with Crippen molar-refractivity contribution in [2.24, 2.45) is 10.2 Å². The summed E-state index contributed by atoms with van der Waals surface area (Å²) in [5, 5.41) is 53.4. The van der Waals surface area contributed by atoms with Crippen LogP contribution >= 0.6 is 11.8 Å². The molecule has 0 aliphatic carbocycles. The van der Waals surface area contributed by atoms with E-state index in [2.05, 4.69) is 21.6 Å². The Bertz CT molecular complexity index is 1520. The number of thioether (sulfide) groups is 1. The average molecular weight is 545 g/mol. The van der Waals surface area contributed by atoms with Gasteiger partial charge in [-0.3, -0.25) is 25.0 Å². The lowest BCUT2D eigenvalue weighted by Crippen LogP contribution is -2.23. The Morgan fingerprint density at radius 1 is 1.00 bits per heavy atom. The van der Waals surface area contributed by atoms with Gasteiger partial charge in [0.15, 0.2) is 5.69 Å². The number of nitrogens with one attached hydrogen (secondary N) is 1. The zero-order valence-corrected chi connectivity index (χ0v) is 21.3. The molecule has 3 rings (SSSR count). The Hall–Kier alpha value is -5.34. The SMILES string of the molecule is CC(=O)Nc1cc(N(CCC#N)Cc2ccccc2)ccc1/N=N/c1cc(SC#N)c([N+](=O)[O-])cc1[N+](=O)[O-]. The zero-order chi connectivity index (χ0) is 28.4. The number of rotatable bonds is 11. The zero-order valence-electron chi connectivity index (χ0n) is 20.5. The van der Waals surface area contributed by atoms with Crippen molar-refractivity contribution in [2.45, 2.75) is 24.8 Å². The smallest absolute Gasteiger partial charge is 0.303 e. The quantitative estimate of drug-likeness (QED) is 0.0938. The third kappa shape index (κ3) is 7.58. The normalized spacial score (nSPS) is 10.4. The molecule has 14 heteroatoms. The van der Waals surface area contributed by atoms with Crippen LogP contribution < -0.4 is 10.2 Å². The molecule has 13 nitrogen and oxygen atoms in total. The molecular formula is C25H20N8O5S. The summed E-state index contributed by atoms with van der Waals surface area (Å²) in [6, 6.07) is 18.4. The molecular weight excluding hydrogens is 524 g/mol. The molecule has 0 saturated carbocycles. The number of hydrogen-bond donors (Lipinski definition) is 1. The summed E-state index contributed by atoms with van der Waals surface area (Å²) in [4.78, 5) is 35.0. The Kier molecular flexibility index (Phi) is 9.61. The molecule has 0 atom stereocenters. The highest BCUT2D eigenvalue weighted by Gasteiger charge is 2.25. The molecule has 1 N–H and O–H groups in total. The molecule has 0 radical (unpaired) electrons. The molecule has 0 unspecified atom stereocenters. The summed E-state index contributed by atoms with van der Waals surface area (Å²) in [7, 11) is 0. The van der Waals surface area contributed by atoms with E-state index in [1.807, 2.05) is 35.2 Å². The topological polar surface area (TPSA) is 191 Å². The summed E-state index contributed by atoms with van der Waals surface area (Å²) in [6.45, 7) is 2.22.